The monoisotopic (exact) mass is 487 g/mol. The molecule has 2 aromatic heterocycles. The Morgan fingerprint density at radius 3 is 2.29 bits per heavy atom. The quantitative estimate of drug-likeness (QED) is 0.378. The highest BCUT2D eigenvalue weighted by molar-refractivity contribution is 7.89. The Balaban J connectivity index is 1.39. The standard InChI is InChI=1S/C21H25N7O5S/c1-15-20(28(30)31)16(2)27(23-15)13-17-4-6-18(7-5-17)21(29)25-8-10-26(11-9-25)34(32,33)19-12-22-24(3)14-19/h4-7,12,14H,8-11,13H2,1-3H3. The van der Waals surface area contributed by atoms with Crippen LogP contribution in [0, 0.1) is 24.0 Å². The molecule has 0 N–H and O–H groups in total. The van der Waals surface area contributed by atoms with E-state index in [1.165, 1.54) is 21.4 Å². The van der Waals surface area contributed by atoms with E-state index >= 15 is 0 Å². The first-order valence-corrected chi connectivity index (χ1v) is 12.1. The van der Waals surface area contributed by atoms with E-state index in [4.69, 9.17) is 0 Å². The fourth-order valence-corrected chi connectivity index (χ4v) is 5.43. The number of carbonyl (C=O) groups excluding carboxylic acids is 1. The van der Waals surface area contributed by atoms with Gasteiger partial charge in [-0.05, 0) is 31.5 Å². The third-order valence-corrected chi connectivity index (χ3v) is 7.76. The molecule has 34 heavy (non-hydrogen) atoms. The number of carbonyl (C=O) groups is 1. The Hall–Kier alpha value is -3.58. The second kappa shape index (κ2) is 8.99. The van der Waals surface area contributed by atoms with Gasteiger partial charge in [0.05, 0.1) is 17.7 Å². The molecule has 12 nitrogen and oxygen atoms in total. The molecule has 0 bridgehead atoms. The summed E-state index contributed by atoms with van der Waals surface area (Å²) in [6.45, 7) is 4.59. The predicted molar refractivity (Wildman–Crippen MR) is 122 cm³/mol. The number of rotatable bonds is 6. The highest BCUT2D eigenvalue weighted by Gasteiger charge is 2.31. The summed E-state index contributed by atoms with van der Waals surface area (Å²) in [5.41, 5.74) is 2.19. The van der Waals surface area contributed by atoms with Crippen LogP contribution in [-0.2, 0) is 23.6 Å². The van der Waals surface area contributed by atoms with E-state index in [1.54, 1.807) is 54.7 Å². The average Bonchev–Trinajstić information content (AvgIpc) is 3.37. The van der Waals surface area contributed by atoms with E-state index in [1.807, 2.05) is 0 Å². The van der Waals surface area contributed by atoms with Crippen LogP contribution in [-0.4, -0.2) is 74.2 Å². The Labute approximate surface area is 196 Å². The summed E-state index contributed by atoms with van der Waals surface area (Å²) in [6, 6.07) is 6.99. The molecule has 1 aliphatic heterocycles. The minimum atomic E-state index is -3.64. The zero-order valence-corrected chi connectivity index (χ0v) is 19.9. The van der Waals surface area contributed by atoms with Gasteiger partial charge < -0.3 is 4.90 Å². The Kier molecular flexibility index (Phi) is 6.23. The van der Waals surface area contributed by atoms with Crippen LogP contribution in [0.5, 0.6) is 0 Å². The van der Waals surface area contributed by atoms with Crippen LogP contribution in [0.2, 0.25) is 0 Å². The van der Waals surface area contributed by atoms with Crippen molar-refractivity contribution < 1.29 is 18.1 Å². The summed E-state index contributed by atoms with van der Waals surface area (Å²) in [6.07, 6.45) is 2.78. The maximum atomic E-state index is 12.9. The number of hydrogen-bond donors (Lipinski definition) is 0. The Morgan fingerprint density at radius 1 is 1.12 bits per heavy atom. The van der Waals surface area contributed by atoms with E-state index in [9.17, 15) is 23.3 Å². The first kappa shape index (κ1) is 23.6. The number of aromatic nitrogens is 4. The lowest BCUT2D eigenvalue weighted by molar-refractivity contribution is -0.386. The van der Waals surface area contributed by atoms with Crippen LogP contribution in [0.4, 0.5) is 5.69 Å². The van der Waals surface area contributed by atoms with Crippen molar-refractivity contribution >= 4 is 21.6 Å². The number of sulfonamides is 1. The second-order valence-electron chi connectivity index (χ2n) is 8.18. The lowest BCUT2D eigenvalue weighted by atomic mass is 10.1. The number of amides is 1. The molecule has 0 saturated carbocycles. The van der Waals surface area contributed by atoms with Crippen molar-refractivity contribution in [2.24, 2.45) is 7.05 Å². The maximum absolute atomic E-state index is 12.9. The molecule has 0 unspecified atom stereocenters. The maximum Gasteiger partial charge on any atom is 0.312 e. The molecule has 0 spiro atoms. The molecular weight excluding hydrogens is 462 g/mol. The molecule has 1 aliphatic rings. The summed E-state index contributed by atoms with van der Waals surface area (Å²) >= 11 is 0. The lowest BCUT2D eigenvalue weighted by Gasteiger charge is -2.33. The zero-order valence-electron chi connectivity index (χ0n) is 19.1. The number of nitro groups is 1. The van der Waals surface area contributed by atoms with Gasteiger partial charge in [0, 0.05) is 45.0 Å². The van der Waals surface area contributed by atoms with E-state index < -0.39 is 14.9 Å². The summed E-state index contributed by atoms with van der Waals surface area (Å²) in [4.78, 5) is 25.5. The number of aryl methyl sites for hydroxylation is 2. The first-order chi connectivity index (χ1) is 16.1. The van der Waals surface area contributed by atoms with Gasteiger partial charge in [0.25, 0.3) is 5.91 Å². The fraction of sp³-hybridized carbons (Fsp3) is 0.381. The van der Waals surface area contributed by atoms with Crippen molar-refractivity contribution in [3.63, 3.8) is 0 Å². The third kappa shape index (κ3) is 4.43. The van der Waals surface area contributed by atoms with Crippen molar-refractivity contribution in [3.8, 4) is 0 Å². The molecule has 0 aliphatic carbocycles. The fourth-order valence-electron chi connectivity index (χ4n) is 4.03. The Bertz CT molecular complexity index is 1340. The molecule has 1 fully saturated rings. The van der Waals surface area contributed by atoms with Crippen molar-refractivity contribution in [1.29, 1.82) is 0 Å². The molecule has 3 aromatic rings. The molecule has 0 atom stereocenters. The van der Waals surface area contributed by atoms with Crippen molar-refractivity contribution in [2.45, 2.75) is 25.3 Å². The smallest absolute Gasteiger partial charge is 0.312 e. The van der Waals surface area contributed by atoms with Gasteiger partial charge in [0.15, 0.2) is 0 Å². The minimum Gasteiger partial charge on any atom is -0.336 e. The van der Waals surface area contributed by atoms with Crippen LogP contribution in [0.3, 0.4) is 0 Å². The summed E-state index contributed by atoms with van der Waals surface area (Å²) < 4.78 is 29.9. The van der Waals surface area contributed by atoms with Crippen LogP contribution in [0.25, 0.3) is 0 Å². The molecule has 13 heteroatoms. The Morgan fingerprint density at radius 2 is 1.76 bits per heavy atom. The van der Waals surface area contributed by atoms with Crippen molar-refractivity contribution in [1.82, 2.24) is 28.8 Å². The van der Waals surface area contributed by atoms with Gasteiger partial charge >= 0.3 is 5.69 Å². The third-order valence-electron chi connectivity index (χ3n) is 5.90. The zero-order chi connectivity index (χ0) is 24.6. The predicted octanol–water partition coefficient (Wildman–Crippen LogP) is 1.34. The normalized spacial score (nSPS) is 15.0. The number of hydrogen-bond acceptors (Lipinski definition) is 7. The van der Waals surface area contributed by atoms with E-state index in [0.29, 0.717) is 23.5 Å². The van der Waals surface area contributed by atoms with Gasteiger partial charge in [-0.25, -0.2) is 8.42 Å². The minimum absolute atomic E-state index is 0.0106. The van der Waals surface area contributed by atoms with Crippen LogP contribution in [0.1, 0.15) is 27.3 Å². The van der Waals surface area contributed by atoms with E-state index in [0.717, 1.165) is 5.56 Å². The topological polar surface area (TPSA) is 136 Å². The van der Waals surface area contributed by atoms with Crippen molar-refractivity contribution in [2.75, 3.05) is 26.2 Å². The van der Waals surface area contributed by atoms with Crippen LogP contribution in [0.15, 0.2) is 41.6 Å². The second-order valence-corrected chi connectivity index (χ2v) is 10.1. The van der Waals surface area contributed by atoms with Gasteiger partial charge in [0.1, 0.15) is 16.3 Å². The first-order valence-electron chi connectivity index (χ1n) is 10.6. The number of piperazine rings is 1. The van der Waals surface area contributed by atoms with Gasteiger partial charge in [-0.1, -0.05) is 12.1 Å². The lowest BCUT2D eigenvalue weighted by Crippen LogP contribution is -2.50. The van der Waals surface area contributed by atoms with E-state index in [-0.39, 0.29) is 42.7 Å². The molecule has 1 saturated heterocycles. The van der Waals surface area contributed by atoms with Gasteiger partial charge in [0.2, 0.25) is 10.0 Å². The molecule has 1 aromatic carbocycles. The van der Waals surface area contributed by atoms with Crippen molar-refractivity contribution in [3.05, 3.63) is 69.3 Å². The number of nitrogens with zero attached hydrogens (tertiary/aromatic N) is 7. The highest BCUT2D eigenvalue weighted by Crippen LogP contribution is 2.23. The molecular formula is C21H25N7O5S. The largest absolute Gasteiger partial charge is 0.336 e. The highest BCUT2D eigenvalue weighted by atomic mass is 32.2. The van der Waals surface area contributed by atoms with Crippen LogP contribution >= 0.6 is 0 Å². The molecule has 3 heterocycles. The summed E-state index contributed by atoms with van der Waals surface area (Å²) in [7, 11) is -1.98. The molecule has 1 amide bonds. The number of benzene rings is 1. The van der Waals surface area contributed by atoms with Gasteiger partial charge in [-0.2, -0.15) is 14.5 Å². The van der Waals surface area contributed by atoms with Gasteiger partial charge in [-0.3, -0.25) is 24.3 Å². The van der Waals surface area contributed by atoms with Gasteiger partial charge in [-0.15, -0.1) is 0 Å². The van der Waals surface area contributed by atoms with E-state index in [2.05, 4.69) is 10.2 Å². The average molecular weight is 488 g/mol. The summed E-state index contributed by atoms with van der Waals surface area (Å²) in [5.74, 6) is -0.174. The summed E-state index contributed by atoms with van der Waals surface area (Å²) in [5, 5.41) is 19.4. The van der Waals surface area contributed by atoms with Crippen LogP contribution < -0.4 is 0 Å². The molecule has 180 valence electrons. The SMILES string of the molecule is Cc1nn(Cc2ccc(C(=O)N3CCN(S(=O)(=O)c4cnn(C)c4)CC3)cc2)c(C)c1[N+](=O)[O-]. The molecule has 0 radical (unpaired) electrons. The molecule has 4 rings (SSSR count).